The first kappa shape index (κ1) is 24.5. The molecule has 0 saturated carbocycles. The van der Waals surface area contributed by atoms with E-state index >= 15 is 0 Å². The van der Waals surface area contributed by atoms with Crippen molar-refractivity contribution in [2.75, 3.05) is 26.3 Å². The topological polar surface area (TPSA) is 91.1 Å². The van der Waals surface area contributed by atoms with Crippen molar-refractivity contribution in [1.82, 2.24) is 4.90 Å². The van der Waals surface area contributed by atoms with E-state index in [1.807, 2.05) is 6.07 Å². The summed E-state index contributed by atoms with van der Waals surface area (Å²) in [6, 6.07) is 14.6. The molecule has 1 heterocycles. The Bertz CT molecular complexity index is 934. The molecule has 33 heavy (non-hydrogen) atoms. The summed E-state index contributed by atoms with van der Waals surface area (Å²) >= 11 is 0. The van der Waals surface area contributed by atoms with Gasteiger partial charge in [0.05, 0.1) is 17.6 Å². The summed E-state index contributed by atoms with van der Waals surface area (Å²) in [4.78, 5) is 25.1. The van der Waals surface area contributed by atoms with Crippen molar-refractivity contribution in [3.05, 3.63) is 64.2 Å². The van der Waals surface area contributed by atoms with Gasteiger partial charge in [0.1, 0.15) is 5.60 Å². The Balaban J connectivity index is 1.54. The standard InChI is InChI=1S/C25H32N2O6/c1-25(2,3)33-24(28)18-32-23-15-21(27(29)30)9-10-22(23)31-17-20-11-13-26(14-12-20)16-19-7-5-4-6-8-19/h4-10,15,20H,11-14,16-18H2,1-3H3. The number of piperidine rings is 1. The van der Waals surface area contributed by atoms with E-state index in [0.717, 1.165) is 32.5 Å². The Morgan fingerprint density at radius 3 is 2.39 bits per heavy atom. The SMILES string of the molecule is CC(C)(C)OC(=O)COc1cc([N+](=O)[O-])ccc1OCC1CCN(Cc2ccccc2)CC1. The minimum atomic E-state index is -0.641. The van der Waals surface area contributed by atoms with Gasteiger partial charge in [-0.25, -0.2) is 4.79 Å². The van der Waals surface area contributed by atoms with Crippen LogP contribution >= 0.6 is 0 Å². The molecule has 0 radical (unpaired) electrons. The van der Waals surface area contributed by atoms with Crippen LogP contribution in [0.4, 0.5) is 5.69 Å². The first-order valence-corrected chi connectivity index (χ1v) is 11.2. The molecule has 3 rings (SSSR count). The molecule has 0 amide bonds. The van der Waals surface area contributed by atoms with Crippen molar-refractivity contribution >= 4 is 11.7 Å². The Labute approximate surface area is 194 Å². The van der Waals surface area contributed by atoms with Crippen molar-refractivity contribution in [2.45, 2.75) is 45.8 Å². The quantitative estimate of drug-likeness (QED) is 0.309. The Morgan fingerprint density at radius 2 is 1.76 bits per heavy atom. The lowest BCUT2D eigenvalue weighted by atomic mass is 9.97. The van der Waals surface area contributed by atoms with E-state index in [1.54, 1.807) is 20.8 Å². The molecule has 1 aliphatic rings. The molecule has 0 aromatic heterocycles. The molecule has 8 heteroatoms. The summed E-state index contributed by atoms with van der Waals surface area (Å²) in [5, 5.41) is 11.2. The lowest BCUT2D eigenvalue weighted by Crippen LogP contribution is -2.35. The molecule has 1 fully saturated rings. The van der Waals surface area contributed by atoms with Crippen molar-refractivity contribution in [2.24, 2.45) is 5.92 Å². The van der Waals surface area contributed by atoms with Gasteiger partial charge in [-0.2, -0.15) is 0 Å². The zero-order chi connectivity index (χ0) is 23.8. The number of benzene rings is 2. The van der Waals surface area contributed by atoms with Crippen LogP contribution in [0.5, 0.6) is 11.5 Å². The highest BCUT2D eigenvalue weighted by Gasteiger charge is 2.22. The van der Waals surface area contributed by atoms with Gasteiger partial charge in [0, 0.05) is 12.6 Å². The third-order valence-corrected chi connectivity index (χ3v) is 5.33. The minimum Gasteiger partial charge on any atom is -0.489 e. The highest BCUT2D eigenvalue weighted by atomic mass is 16.6. The van der Waals surface area contributed by atoms with Crippen LogP contribution in [0.2, 0.25) is 0 Å². The molecule has 0 aliphatic carbocycles. The number of hydrogen-bond acceptors (Lipinski definition) is 7. The van der Waals surface area contributed by atoms with E-state index in [1.165, 1.54) is 23.8 Å². The average Bonchev–Trinajstić information content (AvgIpc) is 2.77. The van der Waals surface area contributed by atoms with Gasteiger partial charge in [-0.1, -0.05) is 30.3 Å². The second-order valence-electron chi connectivity index (χ2n) is 9.28. The van der Waals surface area contributed by atoms with Gasteiger partial charge in [-0.05, 0) is 64.3 Å². The molecule has 0 N–H and O–H groups in total. The molecule has 8 nitrogen and oxygen atoms in total. The van der Waals surface area contributed by atoms with Crippen molar-refractivity contribution in [1.29, 1.82) is 0 Å². The van der Waals surface area contributed by atoms with Gasteiger partial charge in [0.25, 0.3) is 5.69 Å². The molecule has 2 aromatic rings. The molecule has 0 atom stereocenters. The number of nitro benzene ring substituents is 1. The Kier molecular flexibility index (Phi) is 8.27. The zero-order valence-electron chi connectivity index (χ0n) is 19.5. The summed E-state index contributed by atoms with van der Waals surface area (Å²) in [5.41, 5.74) is 0.540. The molecule has 178 valence electrons. The van der Waals surface area contributed by atoms with Gasteiger partial charge in [0.2, 0.25) is 0 Å². The molecular weight excluding hydrogens is 424 g/mol. The maximum atomic E-state index is 12.0. The Morgan fingerprint density at radius 1 is 1.06 bits per heavy atom. The van der Waals surface area contributed by atoms with Crippen LogP contribution in [0.3, 0.4) is 0 Å². The fraction of sp³-hybridized carbons (Fsp3) is 0.480. The van der Waals surface area contributed by atoms with Gasteiger partial charge >= 0.3 is 5.97 Å². The number of rotatable bonds is 9. The average molecular weight is 457 g/mol. The predicted molar refractivity (Wildman–Crippen MR) is 124 cm³/mol. The van der Waals surface area contributed by atoms with Crippen molar-refractivity contribution < 1.29 is 23.9 Å². The number of ether oxygens (including phenoxy) is 3. The lowest BCUT2D eigenvalue weighted by molar-refractivity contribution is -0.385. The first-order chi connectivity index (χ1) is 15.7. The summed E-state index contributed by atoms with van der Waals surface area (Å²) in [6.45, 7) is 8.34. The molecule has 0 unspecified atom stereocenters. The van der Waals surface area contributed by atoms with Gasteiger partial charge in [-0.3, -0.25) is 15.0 Å². The first-order valence-electron chi connectivity index (χ1n) is 11.2. The van der Waals surface area contributed by atoms with Crippen LogP contribution in [0, 0.1) is 16.0 Å². The summed E-state index contributed by atoms with van der Waals surface area (Å²) < 4.78 is 16.8. The summed E-state index contributed by atoms with van der Waals surface area (Å²) in [5.74, 6) is 0.379. The number of nitrogens with zero attached hydrogens (tertiary/aromatic N) is 2. The smallest absolute Gasteiger partial charge is 0.344 e. The van der Waals surface area contributed by atoms with E-state index in [0.29, 0.717) is 18.3 Å². The number of nitro groups is 1. The summed E-state index contributed by atoms with van der Waals surface area (Å²) in [7, 11) is 0. The van der Waals surface area contributed by atoms with Gasteiger partial charge < -0.3 is 14.2 Å². The van der Waals surface area contributed by atoms with Gasteiger partial charge in [0.15, 0.2) is 18.1 Å². The van der Waals surface area contributed by atoms with Crippen LogP contribution in [0.15, 0.2) is 48.5 Å². The van der Waals surface area contributed by atoms with Crippen molar-refractivity contribution in [3.63, 3.8) is 0 Å². The largest absolute Gasteiger partial charge is 0.489 e. The molecule has 2 aromatic carbocycles. The molecule has 0 spiro atoms. The number of carbonyl (C=O) groups excluding carboxylic acids is 1. The third-order valence-electron chi connectivity index (χ3n) is 5.33. The summed E-state index contributed by atoms with van der Waals surface area (Å²) in [6.07, 6.45) is 2.02. The number of carbonyl (C=O) groups is 1. The fourth-order valence-electron chi connectivity index (χ4n) is 3.71. The third kappa shape index (κ3) is 8.05. The number of hydrogen-bond donors (Lipinski definition) is 0. The number of likely N-dealkylation sites (tertiary alicyclic amines) is 1. The maximum Gasteiger partial charge on any atom is 0.344 e. The fourth-order valence-corrected chi connectivity index (χ4v) is 3.71. The number of non-ortho nitro benzene ring substituents is 1. The molecule has 1 aliphatic heterocycles. The number of esters is 1. The van der Waals surface area contributed by atoms with Crippen LogP contribution in [-0.2, 0) is 16.1 Å². The van der Waals surface area contributed by atoms with Crippen molar-refractivity contribution in [3.8, 4) is 11.5 Å². The van der Waals surface area contributed by atoms with Crippen LogP contribution in [0.1, 0.15) is 39.2 Å². The van der Waals surface area contributed by atoms with E-state index in [-0.39, 0.29) is 18.0 Å². The van der Waals surface area contributed by atoms with Crippen LogP contribution in [-0.4, -0.2) is 47.7 Å². The molecular formula is C25H32N2O6. The monoisotopic (exact) mass is 456 g/mol. The second kappa shape index (κ2) is 11.1. The zero-order valence-corrected chi connectivity index (χ0v) is 19.5. The van der Waals surface area contributed by atoms with E-state index in [4.69, 9.17) is 14.2 Å². The second-order valence-corrected chi connectivity index (χ2v) is 9.28. The normalized spacial score (nSPS) is 15.1. The van der Waals surface area contributed by atoms with Gasteiger partial charge in [-0.15, -0.1) is 0 Å². The highest BCUT2D eigenvalue weighted by molar-refractivity contribution is 5.71. The highest BCUT2D eigenvalue weighted by Crippen LogP contribution is 2.32. The van der Waals surface area contributed by atoms with E-state index < -0.39 is 16.5 Å². The predicted octanol–water partition coefficient (Wildman–Crippen LogP) is 4.61. The molecule has 1 saturated heterocycles. The van der Waals surface area contributed by atoms with Crippen LogP contribution < -0.4 is 9.47 Å². The van der Waals surface area contributed by atoms with E-state index in [2.05, 4.69) is 29.2 Å². The Hall–Kier alpha value is -3.13. The lowest BCUT2D eigenvalue weighted by Gasteiger charge is -2.32. The van der Waals surface area contributed by atoms with E-state index in [9.17, 15) is 14.9 Å². The molecule has 0 bridgehead atoms. The maximum absolute atomic E-state index is 12.0. The minimum absolute atomic E-state index is 0.129. The van der Waals surface area contributed by atoms with Crippen LogP contribution in [0.25, 0.3) is 0 Å².